The van der Waals surface area contributed by atoms with Crippen LogP contribution in [-0.2, 0) is 9.59 Å². The Bertz CT molecular complexity index is 290. The van der Waals surface area contributed by atoms with Gasteiger partial charge in [0.05, 0.1) is 18.7 Å². The zero-order valence-electron chi connectivity index (χ0n) is 13.7. The second-order valence-electron chi connectivity index (χ2n) is 5.15. The summed E-state index contributed by atoms with van der Waals surface area (Å²) in [5.74, 6) is -1.35. The molecule has 6 heteroatoms. The molecular formula is C15H27FNNaO3. The van der Waals surface area contributed by atoms with Gasteiger partial charge in [0.2, 0.25) is 5.91 Å². The number of carbonyl (C=O) groups excluding carboxylic acids is 2. The number of carbonyl (C=O) groups is 2. The Hall–Kier alpha value is -0.130. The summed E-state index contributed by atoms with van der Waals surface area (Å²) in [5, 5.41) is 10.6. The molecule has 0 radical (unpaired) electrons. The Labute approximate surface area is 149 Å². The van der Waals surface area contributed by atoms with E-state index in [1.165, 1.54) is 4.90 Å². The molecule has 0 aromatic carbocycles. The number of hydrogen-bond donors (Lipinski definition) is 0. The number of carboxylic acid groups (broad SMARTS) is 1. The van der Waals surface area contributed by atoms with Gasteiger partial charge in [0.15, 0.2) is 0 Å². The molecule has 0 bridgehead atoms. The average Bonchev–Trinajstić information content (AvgIpc) is 2.41. The Balaban J connectivity index is 0. The van der Waals surface area contributed by atoms with Crippen molar-refractivity contribution in [1.29, 1.82) is 0 Å². The SMILES string of the molecule is CCCN(CC(=O)[O-])C(=O)CCCCCCC(F)CC.[Na+]. The first-order valence-corrected chi connectivity index (χ1v) is 7.62. The molecule has 0 saturated carbocycles. The monoisotopic (exact) mass is 311 g/mol. The van der Waals surface area contributed by atoms with E-state index in [2.05, 4.69) is 0 Å². The third-order valence-electron chi connectivity index (χ3n) is 3.27. The van der Waals surface area contributed by atoms with Crippen molar-refractivity contribution >= 4 is 11.9 Å². The van der Waals surface area contributed by atoms with E-state index in [1.807, 2.05) is 13.8 Å². The van der Waals surface area contributed by atoms with Gasteiger partial charge in [0.25, 0.3) is 0 Å². The molecule has 0 aromatic rings. The maximum Gasteiger partial charge on any atom is 1.00 e. The van der Waals surface area contributed by atoms with Crippen LogP contribution in [0.4, 0.5) is 4.39 Å². The molecule has 0 heterocycles. The predicted molar refractivity (Wildman–Crippen MR) is 74.8 cm³/mol. The summed E-state index contributed by atoms with van der Waals surface area (Å²) < 4.78 is 13.0. The number of unbranched alkanes of at least 4 members (excludes halogenated alkanes) is 3. The van der Waals surface area contributed by atoms with Crippen LogP contribution in [0.3, 0.4) is 0 Å². The van der Waals surface area contributed by atoms with E-state index in [4.69, 9.17) is 0 Å². The van der Waals surface area contributed by atoms with Crippen LogP contribution in [0.2, 0.25) is 0 Å². The summed E-state index contributed by atoms with van der Waals surface area (Å²) in [6, 6.07) is 0. The van der Waals surface area contributed by atoms with Crippen LogP contribution >= 0.6 is 0 Å². The van der Waals surface area contributed by atoms with Gasteiger partial charge in [-0.3, -0.25) is 4.79 Å². The van der Waals surface area contributed by atoms with Gasteiger partial charge in [-0.25, -0.2) is 4.39 Å². The minimum atomic E-state index is -1.22. The zero-order chi connectivity index (χ0) is 15.4. The molecule has 0 aliphatic heterocycles. The van der Waals surface area contributed by atoms with Gasteiger partial charge in [-0.05, 0) is 25.7 Å². The maximum absolute atomic E-state index is 13.0. The first-order valence-electron chi connectivity index (χ1n) is 7.62. The molecule has 0 fully saturated rings. The smallest absolute Gasteiger partial charge is 0.548 e. The molecule has 0 spiro atoms. The van der Waals surface area contributed by atoms with E-state index in [0.717, 1.165) is 32.1 Å². The van der Waals surface area contributed by atoms with Crippen LogP contribution in [0, 0.1) is 0 Å². The molecule has 21 heavy (non-hydrogen) atoms. The molecule has 0 N–H and O–H groups in total. The van der Waals surface area contributed by atoms with E-state index in [9.17, 15) is 19.1 Å². The van der Waals surface area contributed by atoms with Crippen LogP contribution in [0.1, 0.15) is 65.2 Å². The Morgan fingerprint density at radius 1 is 1.14 bits per heavy atom. The minimum absolute atomic E-state index is 0. The van der Waals surface area contributed by atoms with E-state index in [-0.39, 0.29) is 42.0 Å². The number of hydrogen-bond acceptors (Lipinski definition) is 3. The molecule has 4 nitrogen and oxygen atoms in total. The number of alkyl halides is 1. The molecule has 0 saturated heterocycles. The van der Waals surface area contributed by atoms with Crippen molar-refractivity contribution in [2.24, 2.45) is 0 Å². The Morgan fingerprint density at radius 2 is 1.76 bits per heavy atom. The zero-order valence-corrected chi connectivity index (χ0v) is 15.7. The van der Waals surface area contributed by atoms with E-state index < -0.39 is 12.1 Å². The number of rotatable bonds is 12. The fourth-order valence-electron chi connectivity index (χ4n) is 2.08. The second-order valence-corrected chi connectivity index (χ2v) is 5.15. The minimum Gasteiger partial charge on any atom is -0.548 e. The third kappa shape index (κ3) is 13.3. The number of carboxylic acids is 1. The molecule has 0 aliphatic rings. The van der Waals surface area contributed by atoms with Crippen LogP contribution in [-0.4, -0.2) is 36.0 Å². The normalized spacial score (nSPS) is 11.6. The van der Waals surface area contributed by atoms with Crippen molar-refractivity contribution in [2.75, 3.05) is 13.1 Å². The first-order chi connectivity index (χ1) is 9.51. The van der Waals surface area contributed by atoms with Gasteiger partial charge < -0.3 is 14.8 Å². The molecule has 1 unspecified atom stereocenters. The number of nitrogens with zero attached hydrogens (tertiary/aromatic N) is 1. The summed E-state index contributed by atoms with van der Waals surface area (Å²) in [6.07, 6.45) is 4.92. The van der Waals surface area contributed by atoms with Crippen LogP contribution in [0.15, 0.2) is 0 Å². The maximum atomic E-state index is 13.0. The number of halogens is 1. The summed E-state index contributed by atoms with van der Waals surface area (Å²) in [4.78, 5) is 23.7. The van der Waals surface area contributed by atoms with E-state index in [0.29, 0.717) is 25.8 Å². The van der Waals surface area contributed by atoms with Gasteiger partial charge in [0.1, 0.15) is 0 Å². The fraction of sp³-hybridized carbons (Fsp3) is 0.867. The van der Waals surface area contributed by atoms with Gasteiger partial charge in [-0.15, -0.1) is 0 Å². The summed E-state index contributed by atoms with van der Waals surface area (Å²) >= 11 is 0. The van der Waals surface area contributed by atoms with Crippen molar-refractivity contribution in [2.45, 2.75) is 71.4 Å². The Morgan fingerprint density at radius 3 is 2.29 bits per heavy atom. The van der Waals surface area contributed by atoms with Crippen molar-refractivity contribution < 1.29 is 48.6 Å². The van der Waals surface area contributed by atoms with Gasteiger partial charge in [-0.2, -0.15) is 0 Å². The first kappa shape index (κ1) is 23.1. The number of amides is 1. The average molecular weight is 311 g/mol. The van der Waals surface area contributed by atoms with Gasteiger partial charge in [0, 0.05) is 13.0 Å². The van der Waals surface area contributed by atoms with E-state index >= 15 is 0 Å². The van der Waals surface area contributed by atoms with Crippen LogP contribution in [0.25, 0.3) is 0 Å². The summed E-state index contributed by atoms with van der Waals surface area (Å²) in [6.45, 7) is 3.86. The fourth-order valence-corrected chi connectivity index (χ4v) is 2.08. The van der Waals surface area contributed by atoms with Crippen molar-refractivity contribution in [3.8, 4) is 0 Å². The molecule has 0 aromatic heterocycles. The molecule has 118 valence electrons. The van der Waals surface area contributed by atoms with Gasteiger partial charge in [-0.1, -0.05) is 33.1 Å². The summed E-state index contributed by atoms with van der Waals surface area (Å²) in [5.41, 5.74) is 0. The predicted octanol–water partition coefficient (Wildman–Crippen LogP) is -0.932. The quantitative estimate of drug-likeness (QED) is 0.345. The van der Waals surface area contributed by atoms with Crippen molar-refractivity contribution in [3.63, 3.8) is 0 Å². The molecule has 1 atom stereocenters. The Kier molecular flexibility index (Phi) is 16.3. The summed E-state index contributed by atoms with van der Waals surface area (Å²) in [7, 11) is 0. The van der Waals surface area contributed by atoms with Crippen molar-refractivity contribution in [3.05, 3.63) is 0 Å². The standard InChI is InChI=1S/C15H28FNO3.Na/c1-3-11-17(12-15(19)20)14(18)10-8-6-5-7-9-13(16)4-2;/h13H,3-12H2,1-2H3,(H,19,20);/q;+1/p-1. The largest absolute Gasteiger partial charge is 1.00 e. The van der Waals surface area contributed by atoms with Crippen LogP contribution < -0.4 is 34.7 Å². The van der Waals surface area contributed by atoms with Gasteiger partial charge >= 0.3 is 29.6 Å². The van der Waals surface area contributed by atoms with E-state index in [1.54, 1.807) is 0 Å². The van der Waals surface area contributed by atoms with Crippen LogP contribution in [0.5, 0.6) is 0 Å². The van der Waals surface area contributed by atoms with Crippen molar-refractivity contribution in [1.82, 2.24) is 4.90 Å². The number of aliphatic carboxylic acids is 1. The molecule has 1 amide bonds. The topological polar surface area (TPSA) is 60.4 Å². The molecule has 0 aliphatic carbocycles. The third-order valence-corrected chi connectivity index (χ3v) is 3.27. The second kappa shape index (κ2) is 14.8. The molecular weight excluding hydrogens is 284 g/mol. The molecule has 0 rings (SSSR count).